The van der Waals surface area contributed by atoms with E-state index in [1.165, 1.54) is 30.3 Å². The minimum absolute atomic E-state index is 0.0843. The standard InChI is InChI=1S/C16H13N3O7S/c20-15(9-1-4-12-14(7-9)25-6-5-24-12)18-19-27(22,23)10-2-3-11-13(8-10)26-16(21)17-11/h1-4,7-8,19H,5-6H2,(H,17,21)(H,18,20). The zero-order valence-electron chi connectivity index (χ0n) is 13.6. The third-order valence-electron chi connectivity index (χ3n) is 3.81. The average Bonchev–Trinajstić information content (AvgIpc) is 3.05. The van der Waals surface area contributed by atoms with Crippen LogP contribution in [0.25, 0.3) is 11.1 Å². The molecule has 0 saturated heterocycles. The molecule has 0 bridgehead atoms. The Morgan fingerprint density at radius 1 is 1.04 bits per heavy atom. The van der Waals surface area contributed by atoms with Crippen molar-refractivity contribution in [2.45, 2.75) is 4.90 Å². The highest BCUT2D eigenvalue weighted by Crippen LogP contribution is 2.30. The number of hydrogen-bond donors (Lipinski definition) is 3. The van der Waals surface area contributed by atoms with Crippen LogP contribution in [0.2, 0.25) is 0 Å². The van der Waals surface area contributed by atoms with Gasteiger partial charge >= 0.3 is 5.76 Å². The lowest BCUT2D eigenvalue weighted by Crippen LogP contribution is -2.41. The van der Waals surface area contributed by atoms with Gasteiger partial charge in [-0.15, -0.1) is 4.83 Å². The van der Waals surface area contributed by atoms with Gasteiger partial charge < -0.3 is 13.9 Å². The molecule has 4 rings (SSSR count). The van der Waals surface area contributed by atoms with Crippen LogP contribution in [0, 0.1) is 0 Å². The molecule has 3 N–H and O–H groups in total. The fourth-order valence-electron chi connectivity index (χ4n) is 2.52. The normalized spacial score (nSPS) is 13.5. The van der Waals surface area contributed by atoms with Gasteiger partial charge in [0.05, 0.1) is 10.4 Å². The van der Waals surface area contributed by atoms with Gasteiger partial charge in [0.1, 0.15) is 13.2 Å². The van der Waals surface area contributed by atoms with Crippen molar-refractivity contribution in [3.63, 3.8) is 0 Å². The molecule has 0 unspecified atom stereocenters. The summed E-state index contributed by atoms with van der Waals surface area (Å²) in [4.78, 5) is 27.6. The number of benzene rings is 2. The number of hydrazine groups is 1. The Labute approximate surface area is 152 Å². The van der Waals surface area contributed by atoms with Crippen molar-refractivity contribution in [3.05, 3.63) is 52.5 Å². The molecule has 1 aliphatic heterocycles. The van der Waals surface area contributed by atoms with E-state index in [0.29, 0.717) is 30.2 Å². The number of ether oxygens (including phenoxy) is 2. The number of aromatic amines is 1. The van der Waals surface area contributed by atoms with Crippen LogP contribution in [0.4, 0.5) is 0 Å². The molecule has 140 valence electrons. The molecule has 0 fully saturated rings. The number of amides is 1. The highest BCUT2D eigenvalue weighted by molar-refractivity contribution is 7.89. The molecule has 1 amide bonds. The predicted octanol–water partition coefficient (Wildman–Crippen LogP) is 0.516. The van der Waals surface area contributed by atoms with Crippen molar-refractivity contribution in [2.24, 2.45) is 0 Å². The summed E-state index contributed by atoms with van der Waals surface area (Å²) in [5.74, 6) is -0.450. The number of carbonyl (C=O) groups excluding carboxylic acids is 1. The van der Waals surface area contributed by atoms with Crippen molar-refractivity contribution < 1.29 is 27.1 Å². The molecule has 2 aromatic carbocycles. The van der Waals surface area contributed by atoms with E-state index in [2.05, 4.69) is 10.4 Å². The maximum Gasteiger partial charge on any atom is 0.417 e. The number of rotatable bonds is 4. The summed E-state index contributed by atoms with van der Waals surface area (Å²) in [6, 6.07) is 8.34. The van der Waals surface area contributed by atoms with Crippen LogP contribution in [0.1, 0.15) is 10.4 Å². The van der Waals surface area contributed by atoms with Crippen molar-refractivity contribution in [2.75, 3.05) is 13.2 Å². The second-order valence-corrected chi connectivity index (χ2v) is 7.27. The van der Waals surface area contributed by atoms with Crippen LogP contribution < -0.4 is 25.5 Å². The topological polar surface area (TPSA) is 140 Å². The molecule has 27 heavy (non-hydrogen) atoms. The number of hydrogen-bond acceptors (Lipinski definition) is 7. The number of aromatic nitrogens is 1. The lowest BCUT2D eigenvalue weighted by molar-refractivity contribution is 0.0944. The Morgan fingerprint density at radius 3 is 2.63 bits per heavy atom. The Bertz CT molecular complexity index is 1200. The molecular weight excluding hydrogens is 378 g/mol. The second kappa shape index (κ2) is 6.45. The summed E-state index contributed by atoms with van der Waals surface area (Å²) in [5, 5.41) is 0. The van der Waals surface area contributed by atoms with Gasteiger partial charge in [0.25, 0.3) is 15.9 Å². The van der Waals surface area contributed by atoms with Gasteiger partial charge in [0.15, 0.2) is 17.1 Å². The van der Waals surface area contributed by atoms with E-state index in [1.807, 2.05) is 4.83 Å². The lowest BCUT2D eigenvalue weighted by atomic mass is 10.2. The third-order valence-corrected chi connectivity index (χ3v) is 5.05. The van der Waals surface area contributed by atoms with Crippen molar-refractivity contribution in [1.82, 2.24) is 15.2 Å². The molecule has 0 spiro atoms. The molecule has 0 aliphatic carbocycles. The number of fused-ring (bicyclic) bond motifs is 2. The van der Waals surface area contributed by atoms with Gasteiger partial charge in [-0.25, -0.2) is 13.2 Å². The highest BCUT2D eigenvalue weighted by atomic mass is 32.2. The van der Waals surface area contributed by atoms with E-state index < -0.39 is 21.7 Å². The summed E-state index contributed by atoms with van der Waals surface area (Å²) in [7, 11) is -4.08. The number of nitrogens with one attached hydrogen (secondary N) is 3. The third kappa shape index (κ3) is 3.37. The summed E-state index contributed by atoms with van der Waals surface area (Å²) in [6.45, 7) is 0.784. The van der Waals surface area contributed by atoms with E-state index in [9.17, 15) is 18.0 Å². The minimum Gasteiger partial charge on any atom is -0.486 e. The van der Waals surface area contributed by atoms with Crippen molar-refractivity contribution >= 4 is 27.0 Å². The SMILES string of the molecule is O=C(NNS(=O)(=O)c1ccc2[nH]c(=O)oc2c1)c1ccc2c(c1)OCCO2. The molecule has 0 atom stereocenters. The van der Waals surface area contributed by atoms with E-state index in [0.717, 1.165) is 0 Å². The quantitative estimate of drug-likeness (QED) is 0.551. The number of carbonyl (C=O) groups is 1. The van der Waals surface area contributed by atoms with E-state index >= 15 is 0 Å². The molecular formula is C16H13N3O7S. The van der Waals surface area contributed by atoms with Crippen LogP contribution in [-0.4, -0.2) is 32.5 Å². The highest BCUT2D eigenvalue weighted by Gasteiger charge is 2.19. The van der Waals surface area contributed by atoms with Crippen LogP contribution in [-0.2, 0) is 10.0 Å². The molecule has 3 aromatic rings. The minimum atomic E-state index is -4.08. The van der Waals surface area contributed by atoms with Crippen molar-refractivity contribution in [1.29, 1.82) is 0 Å². The van der Waals surface area contributed by atoms with E-state index in [4.69, 9.17) is 13.9 Å². The lowest BCUT2D eigenvalue weighted by Gasteiger charge is -2.18. The molecule has 0 saturated carbocycles. The van der Waals surface area contributed by atoms with Gasteiger partial charge in [-0.1, -0.05) is 0 Å². The molecule has 10 nitrogen and oxygen atoms in total. The van der Waals surface area contributed by atoms with Crippen LogP contribution in [0.3, 0.4) is 0 Å². The van der Waals surface area contributed by atoms with Crippen molar-refractivity contribution in [3.8, 4) is 11.5 Å². The molecule has 1 aliphatic rings. The first kappa shape index (κ1) is 17.1. The zero-order valence-corrected chi connectivity index (χ0v) is 14.5. The largest absolute Gasteiger partial charge is 0.486 e. The van der Waals surface area contributed by atoms with Gasteiger partial charge in [-0.3, -0.25) is 15.2 Å². The van der Waals surface area contributed by atoms with Crippen LogP contribution in [0.5, 0.6) is 11.5 Å². The summed E-state index contributed by atoms with van der Waals surface area (Å²) in [5.41, 5.74) is 2.76. The molecule has 0 radical (unpaired) electrons. The monoisotopic (exact) mass is 391 g/mol. The second-order valence-electron chi connectivity index (χ2n) is 5.59. The average molecular weight is 391 g/mol. The zero-order chi connectivity index (χ0) is 19.0. The van der Waals surface area contributed by atoms with Crippen LogP contribution in [0.15, 0.2) is 50.5 Å². The van der Waals surface area contributed by atoms with E-state index in [1.54, 1.807) is 6.07 Å². The maximum absolute atomic E-state index is 12.4. The molecule has 2 heterocycles. The Kier molecular flexibility index (Phi) is 4.09. The Morgan fingerprint density at radius 2 is 1.81 bits per heavy atom. The first-order valence-corrected chi connectivity index (χ1v) is 9.25. The first-order valence-electron chi connectivity index (χ1n) is 7.77. The molecule has 1 aromatic heterocycles. The smallest absolute Gasteiger partial charge is 0.417 e. The number of sulfonamides is 1. The summed E-state index contributed by atoms with van der Waals surface area (Å²) in [6.07, 6.45) is 0. The van der Waals surface area contributed by atoms with Crippen LogP contribution >= 0.6 is 0 Å². The van der Waals surface area contributed by atoms with Gasteiger partial charge in [-0.2, -0.15) is 0 Å². The van der Waals surface area contributed by atoms with Gasteiger partial charge in [0.2, 0.25) is 0 Å². The first-order chi connectivity index (χ1) is 12.9. The number of H-pyrrole nitrogens is 1. The molecule has 11 heteroatoms. The van der Waals surface area contributed by atoms with Gasteiger partial charge in [0, 0.05) is 11.6 Å². The summed E-state index contributed by atoms with van der Waals surface area (Å²) < 4.78 is 40.3. The Hall–Kier alpha value is -3.31. The Balaban J connectivity index is 1.50. The van der Waals surface area contributed by atoms with Gasteiger partial charge in [-0.05, 0) is 30.3 Å². The van der Waals surface area contributed by atoms with E-state index in [-0.39, 0.29) is 16.0 Å². The fraction of sp³-hybridized carbons (Fsp3) is 0.125. The fourth-order valence-corrected chi connectivity index (χ4v) is 3.38. The number of oxazole rings is 1. The maximum atomic E-state index is 12.4. The summed E-state index contributed by atoms with van der Waals surface area (Å²) >= 11 is 0. The predicted molar refractivity (Wildman–Crippen MR) is 92.1 cm³/mol.